The molecule has 2 nitrogen and oxygen atoms in total. The van der Waals surface area contributed by atoms with Gasteiger partial charge in [-0.2, -0.15) is 0 Å². The second-order valence-corrected chi connectivity index (χ2v) is 4.86. The first-order valence-electron chi connectivity index (χ1n) is 3.85. The standard InChI is InChI=1S/C10H7NOSe/c1-2-7-11-10(12)8-5-3-4-6-9(8)13-11/h1,3-6H,7H2. The number of aromatic nitrogens is 1. The molecule has 3 heteroatoms. The van der Waals surface area contributed by atoms with Crippen LogP contribution < -0.4 is 5.56 Å². The van der Waals surface area contributed by atoms with Crippen molar-refractivity contribution in [2.45, 2.75) is 6.54 Å². The van der Waals surface area contributed by atoms with E-state index >= 15 is 0 Å². The summed E-state index contributed by atoms with van der Waals surface area (Å²) in [6.07, 6.45) is 5.17. The van der Waals surface area contributed by atoms with Crippen molar-refractivity contribution in [1.82, 2.24) is 3.56 Å². The summed E-state index contributed by atoms with van der Waals surface area (Å²) < 4.78 is 2.87. The fourth-order valence-electron chi connectivity index (χ4n) is 1.20. The Morgan fingerprint density at radius 1 is 1.46 bits per heavy atom. The summed E-state index contributed by atoms with van der Waals surface area (Å²) in [6, 6.07) is 7.68. The SMILES string of the molecule is C#CCn1[se]c2ccccc2c1=O. The number of nitrogens with zero attached hydrogens (tertiary/aromatic N) is 1. The minimum atomic E-state index is 0.0774. The van der Waals surface area contributed by atoms with Crippen molar-refractivity contribution in [2.24, 2.45) is 0 Å². The van der Waals surface area contributed by atoms with Gasteiger partial charge in [-0.25, -0.2) is 0 Å². The van der Waals surface area contributed by atoms with E-state index < -0.39 is 0 Å². The molecule has 1 aromatic heterocycles. The fraction of sp³-hybridized carbons (Fsp3) is 0.100. The van der Waals surface area contributed by atoms with Gasteiger partial charge in [-0.05, 0) is 0 Å². The average Bonchev–Trinajstić information content (AvgIpc) is 2.46. The predicted octanol–water partition coefficient (Wildman–Crippen LogP) is 0.692. The summed E-state index contributed by atoms with van der Waals surface area (Å²) in [5.74, 6) is 2.50. The number of fused-ring (bicyclic) bond motifs is 1. The van der Waals surface area contributed by atoms with Gasteiger partial charge in [0.05, 0.1) is 0 Å². The van der Waals surface area contributed by atoms with Gasteiger partial charge in [-0.3, -0.25) is 0 Å². The van der Waals surface area contributed by atoms with Crippen LogP contribution >= 0.6 is 0 Å². The Labute approximate surface area is 81.8 Å². The van der Waals surface area contributed by atoms with Crippen LogP contribution in [0, 0.1) is 12.3 Å². The van der Waals surface area contributed by atoms with Gasteiger partial charge in [-0.1, -0.05) is 0 Å². The molecule has 0 bridgehead atoms. The molecule has 0 aliphatic heterocycles. The summed E-state index contributed by atoms with van der Waals surface area (Å²) >= 11 is 0.0834. The van der Waals surface area contributed by atoms with Crippen molar-refractivity contribution in [3.8, 4) is 12.3 Å². The molecule has 0 amide bonds. The van der Waals surface area contributed by atoms with E-state index in [9.17, 15) is 4.79 Å². The van der Waals surface area contributed by atoms with Crippen molar-refractivity contribution >= 4 is 24.4 Å². The number of hydrogen-bond acceptors (Lipinski definition) is 1. The van der Waals surface area contributed by atoms with Gasteiger partial charge in [-0.15, -0.1) is 0 Å². The number of rotatable bonds is 1. The van der Waals surface area contributed by atoms with E-state index in [2.05, 4.69) is 5.92 Å². The van der Waals surface area contributed by atoms with Crippen molar-refractivity contribution in [3.05, 3.63) is 34.6 Å². The van der Waals surface area contributed by atoms with Crippen LogP contribution in [0.3, 0.4) is 0 Å². The molecule has 0 unspecified atom stereocenters. The molecule has 0 saturated heterocycles. The quantitative estimate of drug-likeness (QED) is 0.527. The summed E-state index contributed by atoms with van der Waals surface area (Å²) in [7, 11) is 0. The molecule has 0 radical (unpaired) electrons. The van der Waals surface area contributed by atoms with Gasteiger partial charge in [0.1, 0.15) is 0 Å². The minimum absolute atomic E-state index is 0.0774. The van der Waals surface area contributed by atoms with Crippen molar-refractivity contribution in [2.75, 3.05) is 0 Å². The molecule has 0 N–H and O–H groups in total. The Balaban J connectivity index is 2.76. The molecule has 0 saturated carbocycles. The van der Waals surface area contributed by atoms with Gasteiger partial charge in [0, 0.05) is 0 Å². The maximum absolute atomic E-state index is 11.6. The maximum atomic E-state index is 11.6. The molecule has 13 heavy (non-hydrogen) atoms. The molecule has 0 aliphatic rings. The van der Waals surface area contributed by atoms with E-state index in [4.69, 9.17) is 6.42 Å². The van der Waals surface area contributed by atoms with Crippen LogP contribution in [-0.2, 0) is 6.54 Å². The molecule has 1 heterocycles. The third kappa shape index (κ3) is 1.35. The normalized spacial score (nSPS) is 10.1. The Bertz CT molecular complexity index is 530. The van der Waals surface area contributed by atoms with Crippen LogP contribution in [0.5, 0.6) is 0 Å². The van der Waals surface area contributed by atoms with Crippen molar-refractivity contribution in [3.63, 3.8) is 0 Å². The second-order valence-electron chi connectivity index (χ2n) is 2.63. The fourth-order valence-corrected chi connectivity index (χ4v) is 3.20. The van der Waals surface area contributed by atoms with E-state index in [0.717, 1.165) is 9.65 Å². The number of benzene rings is 1. The first kappa shape index (κ1) is 8.37. The molecular weight excluding hydrogens is 229 g/mol. The third-order valence-corrected chi connectivity index (χ3v) is 4.03. The van der Waals surface area contributed by atoms with Crippen molar-refractivity contribution in [1.29, 1.82) is 0 Å². The van der Waals surface area contributed by atoms with Gasteiger partial charge in [0.2, 0.25) is 0 Å². The van der Waals surface area contributed by atoms with Gasteiger partial charge in [0.15, 0.2) is 0 Å². The summed E-state index contributed by atoms with van der Waals surface area (Å²) in [6.45, 7) is 0.424. The summed E-state index contributed by atoms with van der Waals surface area (Å²) in [5, 5.41) is 0.817. The molecule has 2 rings (SSSR count). The third-order valence-electron chi connectivity index (χ3n) is 1.79. The van der Waals surface area contributed by atoms with E-state index in [1.807, 2.05) is 24.3 Å². The monoisotopic (exact) mass is 237 g/mol. The zero-order chi connectivity index (χ0) is 9.26. The predicted molar refractivity (Wildman–Crippen MR) is 54.0 cm³/mol. The topological polar surface area (TPSA) is 22.0 Å². The van der Waals surface area contributed by atoms with Crippen LogP contribution in [0.2, 0.25) is 0 Å². The van der Waals surface area contributed by atoms with E-state index in [-0.39, 0.29) is 20.3 Å². The summed E-state index contributed by atoms with van der Waals surface area (Å²) in [4.78, 5) is 11.6. The average molecular weight is 236 g/mol. The van der Waals surface area contributed by atoms with E-state index in [1.54, 1.807) is 3.56 Å². The Hall–Kier alpha value is -1.23. The molecule has 64 valence electrons. The zero-order valence-corrected chi connectivity index (χ0v) is 8.57. The van der Waals surface area contributed by atoms with Crippen LogP contribution in [-0.4, -0.2) is 18.3 Å². The molecule has 0 spiro atoms. The summed E-state index contributed by atoms with van der Waals surface area (Å²) in [5.41, 5.74) is 0.0774. The molecule has 2 aromatic rings. The first-order chi connectivity index (χ1) is 6.33. The molecule has 1 aromatic carbocycles. The van der Waals surface area contributed by atoms with Gasteiger partial charge in [0.25, 0.3) is 0 Å². The first-order valence-corrected chi connectivity index (χ1v) is 5.47. The Morgan fingerprint density at radius 3 is 2.92 bits per heavy atom. The van der Waals surface area contributed by atoms with Crippen molar-refractivity contribution < 1.29 is 0 Å². The molecule has 0 aliphatic carbocycles. The number of terminal acetylenes is 1. The Kier molecular flexibility index (Phi) is 2.10. The number of hydrogen-bond donors (Lipinski definition) is 0. The molecule has 0 fully saturated rings. The molecular formula is C10H7NOSe. The van der Waals surface area contributed by atoms with E-state index in [1.165, 1.54) is 0 Å². The van der Waals surface area contributed by atoms with Crippen LogP contribution in [0.1, 0.15) is 0 Å². The van der Waals surface area contributed by atoms with E-state index in [0.29, 0.717) is 6.54 Å². The van der Waals surface area contributed by atoms with Crippen LogP contribution in [0.15, 0.2) is 29.1 Å². The molecule has 0 atom stereocenters. The second kappa shape index (κ2) is 3.26. The zero-order valence-electron chi connectivity index (χ0n) is 6.86. The Morgan fingerprint density at radius 2 is 2.23 bits per heavy atom. The van der Waals surface area contributed by atoms with Crippen LogP contribution in [0.4, 0.5) is 0 Å². The van der Waals surface area contributed by atoms with Gasteiger partial charge < -0.3 is 0 Å². The van der Waals surface area contributed by atoms with Crippen LogP contribution in [0.25, 0.3) is 9.65 Å². The van der Waals surface area contributed by atoms with Gasteiger partial charge >= 0.3 is 81.4 Å².